The molecule has 1 aromatic heterocycles. The summed E-state index contributed by atoms with van der Waals surface area (Å²) in [7, 11) is 0. The quantitative estimate of drug-likeness (QED) is 0.182. The standard InChI is InChI=1S/C33H42N6O6/c1-6-33(7-2,20-34)28(39-30(41)36-22-13-15-26-27(18-22)44-17-16-43-26)21-12-14-25(35-19-21)29(40)37-23-10-8-9-11-24(23)38-31(42)45-32(3,4)5/h8-15,18-19,28H,6-7,16-17,20,34H2,1-5H3,(H,37,40)(H,38,42)(H2,36,39,41). The Hall–Kier alpha value is -4.84. The summed E-state index contributed by atoms with van der Waals surface area (Å²) in [6, 6.07) is 14.4. The Balaban J connectivity index is 1.50. The molecule has 12 heteroatoms. The molecule has 1 atom stereocenters. The van der Waals surface area contributed by atoms with Crippen molar-refractivity contribution in [1.29, 1.82) is 0 Å². The number of carbonyl (C=O) groups is 3. The molecular weight excluding hydrogens is 576 g/mol. The van der Waals surface area contributed by atoms with Crippen molar-refractivity contribution in [2.24, 2.45) is 11.1 Å². The predicted molar refractivity (Wildman–Crippen MR) is 173 cm³/mol. The van der Waals surface area contributed by atoms with Crippen molar-refractivity contribution in [3.8, 4) is 11.5 Å². The third-order valence-electron chi connectivity index (χ3n) is 7.67. The van der Waals surface area contributed by atoms with Crippen LogP contribution in [0.5, 0.6) is 11.5 Å². The molecule has 0 fully saturated rings. The zero-order valence-corrected chi connectivity index (χ0v) is 26.4. The van der Waals surface area contributed by atoms with Gasteiger partial charge in [0.15, 0.2) is 11.5 Å². The van der Waals surface area contributed by atoms with Gasteiger partial charge in [0.1, 0.15) is 24.5 Å². The van der Waals surface area contributed by atoms with Gasteiger partial charge in [0.25, 0.3) is 5.91 Å². The third kappa shape index (κ3) is 8.42. The number of urea groups is 1. The molecule has 1 aliphatic rings. The Labute approximate surface area is 263 Å². The van der Waals surface area contributed by atoms with E-state index < -0.39 is 35.1 Å². The van der Waals surface area contributed by atoms with Crippen LogP contribution in [-0.2, 0) is 4.74 Å². The van der Waals surface area contributed by atoms with E-state index in [0.717, 1.165) is 0 Å². The number of amides is 4. The van der Waals surface area contributed by atoms with Gasteiger partial charge >= 0.3 is 12.1 Å². The van der Waals surface area contributed by atoms with E-state index in [9.17, 15) is 14.4 Å². The van der Waals surface area contributed by atoms with Gasteiger partial charge in [-0.2, -0.15) is 0 Å². The number of ether oxygens (including phenoxy) is 3. The highest BCUT2D eigenvalue weighted by atomic mass is 16.6. The molecule has 240 valence electrons. The number of para-hydroxylation sites is 2. The molecule has 4 rings (SSSR count). The second-order valence-electron chi connectivity index (χ2n) is 11.8. The highest BCUT2D eigenvalue weighted by Gasteiger charge is 2.37. The highest BCUT2D eigenvalue weighted by Crippen LogP contribution is 2.40. The lowest BCUT2D eigenvalue weighted by molar-refractivity contribution is 0.0635. The Morgan fingerprint density at radius 3 is 2.18 bits per heavy atom. The van der Waals surface area contributed by atoms with E-state index in [1.54, 1.807) is 81.6 Å². The summed E-state index contributed by atoms with van der Waals surface area (Å²) in [6.07, 6.45) is 2.32. The fourth-order valence-corrected chi connectivity index (χ4v) is 5.09. The lowest BCUT2D eigenvalue weighted by Crippen LogP contribution is -2.46. The number of aromatic nitrogens is 1. The van der Waals surface area contributed by atoms with E-state index >= 15 is 0 Å². The van der Waals surface area contributed by atoms with Crippen LogP contribution < -0.4 is 36.5 Å². The summed E-state index contributed by atoms with van der Waals surface area (Å²) in [5, 5.41) is 11.4. The average molecular weight is 619 g/mol. The van der Waals surface area contributed by atoms with Crippen LogP contribution in [0.25, 0.3) is 0 Å². The van der Waals surface area contributed by atoms with E-state index in [0.29, 0.717) is 66.7 Å². The lowest BCUT2D eigenvalue weighted by Gasteiger charge is -2.39. The third-order valence-corrected chi connectivity index (χ3v) is 7.67. The van der Waals surface area contributed by atoms with Crippen LogP contribution >= 0.6 is 0 Å². The van der Waals surface area contributed by atoms with Gasteiger partial charge < -0.3 is 35.9 Å². The Morgan fingerprint density at radius 1 is 0.911 bits per heavy atom. The normalized spacial score (nSPS) is 13.3. The number of fused-ring (bicyclic) bond motifs is 1. The summed E-state index contributed by atoms with van der Waals surface area (Å²) in [5.74, 6) is 0.717. The molecule has 3 aromatic rings. The van der Waals surface area contributed by atoms with Crippen LogP contribution in [0.15, 0.2) is 60.8 Å². The Morgan fingerprint density at radius 2 is 1.58 bits per heavy atom. The second kappa shape index (κ2) is 14.3. The molecule has 0 aliphatic carbocycles. The smallest absolute Gasteiger partial charge is 0.412 e. The SMILES string of the molecule is CCC(CC)(CN)C(NC(=O)Nc1ccc2c(c1)OCCO2)c1ccc(C(=O)Nc2ccccc2NC(=O)OC(C)(C)C)nc1. The summed E-state index contributed by atoms with van der Waals surface area (Å²) in [6.45, 7) is 10.6. The van der Waals surface area contributed by atoms with E-state index in [4.69, 9.17) is 19.9 Å². The van der Waals surface area contributed by atoms with E-state index in [1.807, 2.05) is 13.8 Å². The summed E-state index contributed by atoms with van der Waals surface area (Å²) < 4.78 is 16.5. The number of nitrogens with zero attached hydrogens (tertiary/aromatic N) is 1. The summed E-state index contributed by atoms with van der Waals surface area (Å²) in [4.78, 5) is 43.2. The zero-order chi connectivity index (χ0) is 32.6. The number of hydrogen-bond donors (Lipinski definition) is 5. The first-order valence-corrected chi connectivity index (χ1v) is 15.0. The number of hydrogen-bond acceptors (Lipinski definition) is 8. The average Bonchev–Trinajstić information content (AvgIpc) is 3.01. The molecule has 4 amide bonds. The maximum absolute atomic E-state index is 13.3. The highest BCUT2D eigenvalue weighted by molar-refractivity contribution is 6.05. The molecule has 12 nitrogen and oxygen atoms in total. The number of anilines is 3. The minimum absolute atomic E-state index is 0.150. The van der Waals surface area contributed by atoms with Crippen molar-refractivity contribution in [3.05, 3.63) is 72.1 Å². The molecule has 0 radical (unpaired) electrons. The molecular formula is C33H42N6O6. The van der Waals surface area contributed by atoms with Crippen LogP contribution in [0.1, 0.15) is 69.6 Å². The zero-order valence-electron chi connectivity index (χ0n) is 26.4. The number of carbonyl (C=O) groups excluding carboxylic acids is 3. The molecule has 1 unspecified atom stereocenters. The first-order valence-electron chi connectivity index (χ1n) is 15.0. The fraction of sp³-hybridized carbons (Fsp3) is 0.394. The van der Waals surface area contributed by atoms with E-state index in [2.05, 4.69) is 26.3 Å². The number of rotatable bonds is 10. The monoisotopic (exact) mass is 618 g/mol. The molecule has 0 spiro atoms. The van der Waals surface area contributed by atoms with Gasteiger partial charge in [-0.1, -0.05) is 32.0 Å². The van der Waals surface area contributed by atoms with Crippen molar-refractivity contribution in [1.82, 2.24) is 10.3 Å². The first kappa shape index (κ1) is 33.1. The van der Waals surface area contributed by atoms with E-state index in [-0.39, 0.29) is 5.69 Å². The van der Waals surface area contributed by atoms with Gasteiger partial charge in [-0.25, -0.2) is 9.59 Å². The van der Waals surface area contributed by atoms with Gasteiger partial charge in [0, 0.05) is 29.9 Å². The van der Waals surface area contributed by atoms with Gasteiger partial charge in [-0.3, -0.25) is 15.1 Å². The number of nitrogens with two attached hydrogens (primary N) is 1. The minimum Gasteiger partial charge on any atom is -0.486 e. The molecule has 0 bridgehead atoms. The topological polar surface area (TPSA) is 166 Å². The van der Waals surface area contributed by atoms with Gasteiger partial charge in [0.05, 0.1) is 17.4 Å². The van der Waals surface area contributed by atoms with Crippen molar-refractivity contribution >= 4 is 35.1 Å². The number of nitrogens with one attached hydrogen (secondary N) is 4. The summed E-state index contributed by atoms with van der Waals surface area (Å²) in [5.41, 5.74) is 7.30. The minimum atomic E-state index is -0.677. The predicted octanol–water partition coefficient (Wildman–Crippen LogP) is 6.08. The largest absolute Gasteiger partial charge is 0.486 e. The fourth-order valence-electron chi connectivity index (χ4n) is 5.09. The molecule has 1 aliphatic heterocycles. The molecule has 45 heavy (non-hydrogen) atoms. The van der Waals surface area contributed by atoms with Crippen molar-refractivity contribution in [2.75, 3.05) is 35.7 Å². The molecule has 6 N–H and O–H groups in total. The van der Waals surface area contributed by atoms with Crippen molar-refractivity contribution in [3.63, 3.8) is 0 Å². The van der Waals surface area contributed by atoms with Crippen LogP contribution in [0.2, 0.25) is 0 Å². The maximum Gasteiger partial charge on any atom is 0.412 e. The van der Waals surface area contributed by atoms with Gasteiger partial charge in [0.2, 0.25) is 0 Å². The number of benzene rings is 2. The van der Waals surface area contributed by atoms with Crippen LogP contribution in [0, 0.1) is 5.41 Å². The second-order valence-corrected chi connectivity index (χ2v) is 11.8. The molecule has 2 heterocycles. The van der Waals surface area contributed by atoms with Gasteiger partial charge in [-0.15, -0.1) is 0 Å². The molecule has 0 saturated carbocycles. The Bertz CT molecular complexity index is 1490. The van der Waals surface area contributed by atoms with Crippen LogP contribution in [0.3, 0.4) is 0 Å². The van der Waals surface area contributed by atoms with Crippen molar-refractivity contribution in [2.45, 2.75) is 59.1 Å². The van der Waals surface area contributed by atoms with E-state index in [1.165, 1.54) is 0 Å². The Kier molecular flexibility index (Phi) is 10.5. The summed E-state index contributed by atoms with van der Waals surface area (Å²) >= 11 is 0. The molecule has 0 saturated heterocycles. The molecule has 2 aromatic carbocycles. The van der Waals surface area contributed by atoms with Gasteiger partial charge in [-0.05, 0) is 69.5 Å². The van der Waals surface area contributed by atoms with Crippen molar-refractivity contribution < 1.29 is 28.6 Å². The van der Waals surface area contributed by atoms with Crippen LogP contribution in [0.4, 0.5) is 26.7 Å². The lowest BCUT2D eigenvalue weighted by atomic mass is 9.73. The van der Waals surface area contributed by atoms with Crippen LogP contribution in [-0.4, -0.2) is 48.4 Å². The first-order chi connectivity index (χ1) is 21.5. The number of pyridine rings is 1. The maximum atomic E-state index is 13.3.